The fraction of sp³-hybridized carbons (Fsp3) is 0.520. The molecular weight excluding hydrogens is 390 g/mol. The summed E-state index contributed by atoms with van der Waals surface area (Å²) >= 11 is 0. The van der Waals surface area contributed by atoms with Crippen LogP contribution in [0.15, 0.2) is 48.3 Å². The second-order valence-corrected chi connectivity index (χ2v) is 8.69. The van der Waals surface area contributed by atoms with E-state index in [-0.39, 0.29) is 23.4 Å². The van der Waals surface area contributed by atoms with Crippen LogP contribution in [-0.4, -0.2) is 43.1 Å². The van der Waals surface area contributed by atoms with Crippen molar-refractivity contribution >= 4 is 17.6 Å². The average molecular weight is 428 g/mol. The summed E-state index contributed by atoms with van der Waals surface area (Å²) in [5, 5.41) is 5.81. The second-order valence-electron chi connectivity index (χ2n) is 8.69. The van der Waals surface area contributed by atoms with Crippen molar-refractivity contribution in [3.63, 3.8) is 0 Å². The van der Waals surface area contributed by atoms with Crippen molar-refractivity contribution in [1.29, 1.82) is 0 Å². The van der Waals surface area contributed by atoms with E-state index in [9.17, 15) is 9.59 Å². The Morgan fingerprint density at radius 3 is 2.48 bits per heavy atom. The van der Waals surface area contributed by atoms with Crippen LogP contribution in [0.4, 0.5) is 10.5 Å². The Hall–Kier alpha value is -2.76. The van der Waals surface area contributed by atoms with Crippen molar-refractivity contribution in [2.75, 3.05) is 25.5 Å². The predicted octanol–water partition coefficient (Wildman–Crippen LogP) is 4.88. The summed E-state index contributed by atoms with van der Waals surface area (Å²) in [7, 11) is 1.65. The summed E-state index contributed by atoms with van der Waals surface area (Å²) in [6.07, 6.45) is 9.01. The van der Waals surface area contributed by atoms with E-state index in [0.29, 0.717) is 19.4 Å². The zero-order valence-corrected chi connectivity index (χ0v) is 19.5. The highest BCUT2D eigenvalue weighted by Gasteiger charge is 2.23. The molecule has 1 aliphatic rings. The molecule has 2 rings (SSSR count). The molecule has 31 heavy (non-hydrogen) atoms. The molecule has 2 N–H and O–H groups in total. The van der Waals surface area contributed by atoms with Crippen LogP contribution in [0.2, 0.25) is 0 Å². The topological polar surface area (TPSA) is 70.7 Å². The van der Waals surface area contributed by atoms with Crippen LogP contribution in [0.5, 0.6) is 0 Å². The van der Waals surface area contributed by atoms with Crippen LogP contribution in [0.3, 0.4) is 0 Å². The van der Waals surface area contributed by atoms with Gasteiger partial charge in [0.15, 0.2) is 0 Å². The number of hydrogen-bond acceptors (Lipinski definition) is 3. The highest BCUT2D eigenvalue weighted by Crippen LogP contribution is 2.28. The molecule has 0 spiro atoms. The Labute approximate surface area is 186 Å². The summed E-state index contributed by atoms with van der Waals surface area (Å²) in [6, 6.07) is 7.67. The Morgan fingerprint density at radius 1 is 1.23 bits per heavy atom. The van der Waals surface area contributed by atoms with Gasteiger partial charge in [0.2, 0.25) is 5.91 Å². The molecule has 0 aromatic heterocycles. The molecule has 1 aliphatic carbocycles. The summed E-state index contributed by atoms with van der Waals surface area (Å²) in [5.41, 5.74) is 1.69. The van der Waals surface area contributed by atoms with Crippen LogP contribution in [0.25, 0.3) is 0 Å². The van der Waals surface area contributed by atoms with Crippen molar-refractivity contribution in [3.8, 4) is 0 Å². The molecule has 170 valence electrons. The number of carbonyl (C=O) groups excluding carboxylic acids is 2. The number of benzene rings is 1. The van der Waals surface area contributed by atoms with Crippen LogP contribution in [0, 0.1) is 5.41 Å². The first-order valence-electron chi connectivity index (χ1n) is 11.1. The third-order valence-electron chi connectivity index (χ3n) is 5.56. The van der Waals surface area contributed by atoms with E-state index >= 15 is 0 Å². The van der Waals surface area contributed by atoms with Crippen molar-refractivity contribution in [1.82, 2.24) is 10.2 Å². The number of urea groups is 1. The molecule has 0 saturated carbocycles. The van der Waals surface area contributed by atoms with Crippen molar-refractivity contribution in [2.45, 2.75) is 59.4 Å². The normalized spacial score (nSPS) is 17.8. The molecule has 0 fully saturated rings. The summed E-state index contributed by atoms with van der Waals surface area (Å²) < 4.78 is 5.22. The molecule has 6 nitrogen and oxygen atoms in total. The largest absolute Gasteiger partial charge is 0.497 e. The third kappa shape index (κ3) is 7.78. The monoisotopic (exact) mass is 427 g/mol. The predicted molar refractivity (Wildman–Crippen MR) is 126 cm³/mol. The summed E-state index contributed by atoms with van der Waals surface area (Å²) in [5.74, 6) is 1.04. The number of hydrogen-bond donors (Lipinski definition) is 2. The molecule has 0 unspecified atom stereocenters. The molecule has 1 atom stereocenters. The molecule has 1 aromatic carbocycles. The van der Waals surface area contributed by atoms with Crippen LogP contribution in [0.1, 0.15) is 52.5 Å². The number of ether oxygens (including phenoxy) is 1. The molecule has 0 radical (unpaired) electrons. The van der Waals surface area contributed by atoms with Gasteiger partial charge in [0.1, 0.15) is 5.76 Å². The zero-order valence-electron chi connectivity index (χ0n) is 19.5. The van der Waals surface area contributed by atoms with Gasteiger partial charge in [-0.2, -0.15) is 0 Å². The van der Waals surface area contributed by atoms with E-state index in [2.05, 4.69) is 44.4 Å². The molecule has 0 saturated heterocycles. The molecular formula is C25H37N3O3. The quantitative estimate of drug-likeness (QED) is 0.559. The van der Waals surface area contributed by atoms with Gasteiger partial charge in [-0.15, -0.1) is 0 Å². The first kappa shape index (κ1) is 24.5. The van der Waals surface area contributed by atoms with Crippen LogP contribution < -0.4 is 10.6 Å². The third-order valence-corrected chi connectivity index (χ3v) is 5.56. The number of rotatable bonds is 10. The molecule has 0 bridgehead atoms. The lowest BCUT2D eigenvalue weighted by Crippen LogP contribution is -2.37. The van der Waals surface area contributed by atoms with E-state index in [0.717, 1.165) is 36.4 Å². The van der Waals surface area contributed by atoms with E-state index in [4.69, 9.17) is 4.74 Å². The molecule has 6 heteroatoms. The number of allylic oxidation sites excluding steroid dienone is 2. The number of carbonyl (C=O) groups is 2. The maximum absolute atomic E-state index is 12.5. The lowest BCUT2D eigenvalue weighted by atomic mass is 9.83. The van der Waals surface area contributed by atoms with Gasteiger partial charge in [-0.3, -0.25) is 4.79 Å². The average Bonchev–Trinajstić information content (AvgIpc) is 2.76. The number of nitrogens with zero attached hydrogens (tertiary/aromatic N) is 1. The van der Waals surface area contributed by atoms with Gasteiger partial charge in [-0.1, -0.05) is 32.1 Å². The SMILES string of the molecule is CCCN(C(=O)CCc1ccc(NC(=O)NC[C@@]2(C)C=CC(OC)=CC2)cc1)C(C)C. The zero-order chi connectivity index (χ0) is 22.9. The fourth-order valence-electron chi connectivity index (χ4n) is 3.55. The van der Waals surface area contributed by atoms with Gasteiger partial charge < -0.3 is 20.3 Å². The Bertz CT molecular complexity index is 799. The molecule has 0 heterocycles. The van der Waals surface area contributed by atoms with Gasteiger partial charge in [0, 0.05) is 36.7 Å². The Kier molecular flexibility index (Phi) is 9.16. The minimum Gasteiger partial charge on any atom is -0.497 e. The minimum absolute atomic E-state index is 0.128. The van der Waals surface area contributed by atoms with Gasteiger partial charge in [-0.25, -0.2) is 4.79 Å². The number of nitrogens with one attached hydrogen (secondary N) is 2. The van der Waals surface area contributed by atoms with Gasteiger partial charge in [0.05, 0.1) is 7.11 Å². The highest BCUT2D eigenvalue weighted by atomic mass is 16.5. The molecule has 1 aromatic rings. The first-order chi connectivity index (χ1) is 14.8. The van der Waals surface area contributed by atoms with Crippen LogP contribution >= 0.6 is 0 Å². The second kappa shape index (κ2) is 11.6. The molecule has 3 amide bonds. The van der Waals surface area contributed by atoms with Crippen molar-refractivity contribution < 1.29 is 14.3 Å². The van der Waals surface area contributed by atoms with E-state index in [1.807, 2.05) is 41.3 Å². The van der Waals surface area contributed by atoms with E-state index in [1.54, 1.807) is 7.11 Å². The first-order valence-corrected chi connectivity index (χ1v) is 11.1. The Morgan fingerprint density at radius 2 is 1.94 bits per heavy atom. The smallest absolute Gasteiger partial charge is 0.319 e. The van der Waals surface area contributed by atoms with E-state index in [1.165, 1.54) is 0 Å². The van der Waals surface area contributed by atoms with Crippen molar-refractivity contribution in [2.24, 2.45) is 5.41 Å². The maximum Gasteiger partial charge on any atom is 0.319 e. The maximum atomic E-state index is 12.5. The van der Waals surface area contributed by atoms with Gasteiger partial charge in [0.25, 0.3) is 0 Å². The Balaban J connectivity index is 1.79. The summed E-state index contributed by atoms with van der Waals surface area (Å²) in [6.45, 7) is 9.63. The fourth-order valence-corrected chi connectivity index (χ4v) is 3.55. The van der Waals surface area contributed by atoms with E-state index < -0.39 is 0 Å². The van der Waals surface area contributed by atoms with Crippen LogP contribution in [-0.2, 0) is 16.0 Å². The van der Waals surface area contributed by atoms with Gasteiger partial charge in [-0.05, 0) is 63.0 Å². The number of aryl methyl sites for hydroxylation is 1. The lowest BCUT2D eigenvalue weighted by Gasteiger charge is -2.27. The number of methoxy groups -OCH3 is 1. The lowest BCUT2D eigenvalue weighted by molar-refractivity contribution is -0.132. The number of amides is 3. The molecule has 0 aliphatic heterocycles. The highest BCUT2D eigenvalue weighted by molar-refractivity contribution is 5.89. The van der Waals surface area contributed by atoms with Gasteiger partial charge >= 0.3 is 6.03 Å². The standard InChI is InChI=1S/C25H37N3O3/c1-6-17-28(19(2)3)23(29)12-9-20-7-10-21(11-8-20)27-24(30)26-18-25(4)15-13-22(31-5)14-16-25/h7-8,10-11,13-15,19H,6,9,12,16-18H2,1-5H3,(H2,26,27,30)/t25-/m0/s1. The number of anilines is 1. The minimum atomic E-state index is -0.230. The van der Waals surface area contributed by atoms with Crippen molar-refractivity contribution in [3.05, 3.63) is 53.8 Å². The summed E-state index contributed by atoms with van der Waals surface area (Å²) in [4.78, 5) is 26.7.